The van der Waals surface area contributed by atoms with E-state index < -0.39 is 5.91 Å². The minimum Gasteiger partial charge on any atom is -0.495 e. The number of nitrogens with one attached hydrogen (secondary N) is 2. The van der Waals surface area contributed by atoms with E-state index in [0.29, 0.717) is 49.0 Å². The second-order valence-electron chi connectivity index (χ2n) is 6.10. The van der Waals surface area contributed by atoms with Crippen molar-refractivity contribution in [2.75, 3.05) is 32.1 Å². The van der Waals surface area contributed by atoms with Gasteiger partial charge in [-0.1, -0.05) is 11.6 Å². The van der Waals surface area contributed by atoms with Gasteiger partial charge in [0.15, 0.2) is 0 Å². The van der Waals surface area contributed by atoms with E-state index in [0.717, 1.165) is 0 Å². The van der Waals surface area contributed by atoms with Gasteiger partial charge in [-0.25, -0.2) is 4.79 Å². The van der Waals surface area contributed by atoms with Crippen LogP contribution in [-0.2, 0) is 14.3 Å². The van der Waals surface area contributed by atoms with Crippen molar-refractivity contribution in [3.8, 4) is 5.75 Å². The van der Waals surface area contributed by atoms with Gasteiger partial charge in [0, 0.05) is 24.8 Å². The summed E-state index contributed by atoms with van der Waals surface area (Å²) in [6.45, 7) is 3.13. The number of hydrogen-bond acceptors (Lipinski definition) is 5. The highest BCUT2D eigenvalue weighted by Crippen LogP contribution is 2.27. The highest BCUT2D eigenvalue weighted by Gasteiger charge is 2.25. The summed E-state index contributed by atoms with van der Waals surface area (Å²) in [6.07, 6.45) is 0.627. The number of amides is 3. The average Bonchev–Trinajstić information content (AvgIpc) is 2.62. The van der Waals surface area contributed by atoms with Gasteiger partial charge in [0.2, 0.25) is 11.8 Å². The van der Waals surface area contributed by atoms with Crippen molar-refractivity contribution >= 4 is 35.2 Å². The van der Waals surface area contributed by atoms with Crippen molar-refractivity contribution in [3.05, 3.63) is 23.2 Å². The van der Waals surface area contributed by atoms with Crippen molar-refractivity contribution in [2.24, 2.45) is 0 Å². The largest absolute Gasteiger partial charge is 0.495 e. The molecule has 1 heterocycles. The SMILES string of the molecule is CCOC(=O)N1CCC(NC(=O)CC(=O)Nc2ccc(OC)c(Cl)c2)CC1. The lowest BCUT2D eigenvalue weighted by molar-refractivity contribution is -0.127. The van der Waals surface area contributed by atoms with Crippen molar-refractivity contribution in [1.82, 2.24) is 10.2 Å². The molecule has 0 aliphatic carbocycles. The number of carbonyl (C=O) groups excluding carboxylic acids is 3. The van der Waals surface area contributed by atoms with Gasteiger partial charge >= 0.3 is 6.09 Å². The molecule has 3 amide bonds. The normalized spacial score (nSPS) is 14.4. The van der Waals surface area contributed by atoms with Crippen molar-refractivity contribution in [3.63, 3.8) is 0 Å². The molecule has 0 unspecified atom stereocenters. The lowest BCUT2D eigenvalue weighted by Crippen LogP contribution is -2.47. The van der Waals surface area contributed by atoms with Crippen LogP contribution in [0.4, 0.5) is 10.5 Å². The lowest BCUT2D eigenvalue weighted by atomic mass is 10.1. The number of hydrogen-bond donors (Lipinski definition) is 2. The second kappa shape index (κ2) is 10.0. The number of carbonyl (C=O) groups is 3. The smallest absolute Gasteiger partial charge is 0.409 e. The molecule has 1 aliphatic heterocycles. The Morgan fingerprint density at radius 1 is 1.22 bits per heavy atom. The number of likely N-dealkylation sites (tertiary alicyclic amines) is 1. The molecule has 0 radical (unpaired) electrons. The molecule has 0 spiro atoms. The summed E-state index contributed by atoms with van der Waals surface area (Å²) in [6, 6.07) is 4.77. The molecule has 0 aromatic heterocycles. The molecule has 1 saturated heterocycles. The van der Waals surface area contributed by atoms with Crippen LogP contribution in [0.2, 0.25) is 5.02 Å². The Bertz CT molecular complexity index is 690. The summed E-state index contributed by atoms with van der Waals surface area (Å²) in [4.78, 5) is 37.4. The molecule has 1 aromatic carbocycles. The molecule has 2 rings (SSSR count). The Balaban J connectivity index is 1.75. The van der Waals surface area contributed by atoms with Crippen LogP contribution in [0.15, 0.2) is 18.2 Å². The Morgan fingerprint density at radius 2 is 1.93 bits per heavy atom. The third kappa shape index (κ3) is 6.32. The van der Waals surface area contributed by atoms with E-state index in [1.807, 2.05) is 0 Å². The maximum absolute atomic E-state index is 12.1. The Kier molecular flexibility index (Phi) is 7.72. The fourth-order valence-corrected chi connectivity index (χ4v) is 3.05. The highest BCUT2D eigenvalue weighted by atomic mass is 35.5. The van der Waals surface area contributed by atoms with E-state index in [-0.39, 0.29) is 24.5 Å². The second-order valence-corrected chi connectivity index (χ2v) is 6.51. The van der Waals surface area contributed by atoms with E-state index in [1.54, 1.807) is 30.0 Å². The average molecular weight is 398 g/mol. The number of benzene rings is 1. The van der Waals surface area contributed by atoms with Gasteiger partial charge in [0.25, 0.3) is 0 Å². The summed E-state index contributed by atoms with van der Waals surface area (Å²) in [5.41, 5.74) is 0.487. The van der Waals surface area contributed by atoms with E-state index in [2.05, 4.69) is 10.6 Å². The molecular weight excluding hydrogens is 374 g/mol. The van der Waals surface area contributed by atoms with Gasteiger partial charge < -0.3 is 25.0 Å². The van der Waals surface area contributed by atoms with Crippen LogP contribution >= 0.6 is 11.6 Å². The third-order valence-corrected chi connectivity index (χ3v) is 4.44. The number of nitrogens with zero attached hydrogens (tertiary/aromatic N) is 1. The van der Waals surface area contributed by atoms with Gasteiger partial charge in [0.1, 0.15) is 12.2 Å². The number of methoxy groups -OCH3 is 1. The Hall–Kier alpha value is -2.48. The summed E-state index contributed by atoms with van der Waals surface area (Å²) >= 11 is 6.01. The van der Waals surface area contributed by atoms with Crippen LogP contribution in [0.1, 0.15) is 26.2 Å². The zero-order chi connectivity index (χ0) is 19.8. The van der Waals surface area contributed by atoms with Crippen LogP contribution in [0.3, 0.4) is 0 Å². The number of ether oxygens (including phenoxy) is 2. The molecule has 1 fully saturated rings. The summed E-state index contributed by atoms with van der Waals surface area (Å²) in [7, 11) is 1.50. The monoisotopic (exact) mass is 397 g/mol. The number of rotatable bonds is 6. The quantitative estimate of drug-likeness (QED) is 0.718. The summed E-state index contributed by atoms with van der Waals surface area (Å²) < 4.78 is 10.0. The van der Waals surface area contributed by atoms with Crippen LogP contribution in [0, 0.1) is 0 Å². The highest BCUT2D eigenvalue weighted by molar-refractivity contribution is 6.32. The summed E-state index contributed by atoms with van der Waals surface area (Å²) in [5, 5.41) is 5.83. The molecule has 1 aromatic rings. The molecule has 0 atom stereocenters. The number of anilines is 1. The molecule has 2 N–H and O–H groups in total. The van der Waals surface area contributed by atoms with Crippen LogP contribution in [0.25, 0.3) is 0 Å². The molecule has 9 heteroatoms. The Labute approximate surface area is 163 Å². The van der Waals surface area contributed by atoms with Crippen LogP contribution in [-0.4, -0.2) is 55.7 Å². The molecule has 8 nitrogen and oxygen atoms in total. The summed E-state index contributed by atoms with van der Waals surface area (Å²) in [5.74, 6) is -0.291. The van der Waals surface area contributed by atoms with Gasteiger partial charge in [-0.2, -0.15) is 0 Å². The molecule has 0 bridgehead atoms. The van der Waals surface area contributed by atoms with Crippen molar-refractivity contribution < 1.29 is 23.9 Å². The Morgan fingerprint density at radius 3 is 2.52 bits per heavy atom. The fourth-order valence-electron chi connectivity index (χ4n) is 2.80. The maximum atomic E-state index is 12.1. The van der Waals surface area contributed by atoms with E-state index >= 15 is 0 Å². The molecule has 27 heavy (non-hydrogen) atoms. The first-order valence-electron chi connectivity index (χ1n) is 8.77. The van der Waals surface area contributed by atoms with Crippen LogP contribution < -0.4 is 15.4 Å². The maximum Gasteiger partial charge on any atom is 0.409 e. The van der Waals surface area contributed by atoms with Crippen LogP contribution in [0.5, 0.6) is 5.75 Å². The van der Waals surface area contributed by atoms with Gasteiger partial charge in [0.05, 0.1) is 18.7 Å². The minimum absolute atomic E-state index is 0.0635. The van der Waals surface area contributed by atoms with Gasteiger partial charge in [-0.3, -0.25) is 9.59 Å². The lowest BCUT2D eigenvalue weighted by Gasteiger charge is -2.31. The fraction of sp³-hybridized carbons (Fsp3) is 0.500. The third-order valence-electron chi connectivity index (χ3n) is 4.14. The molecule has 1 aliphatic rings. The number of halogens is 1. The first kappa shape index (κ1) is 20.8. The zero-order valence-corrected chi connectivity index (χ0v) is 16.2. The minimum atomic E-state index is -0.433. The predicted molar refractivity (Wildman–Crippen MR) is 101 cm³/mol. The molecule has 0 saturated carbocycles. The molecule has 148 valence electrons. The standard InChI is InChI=1S/C18H24ClN3O5/c1-3-27-18(25)22-8-6-12(7-9-22)20-16(23)11-17(24)21-13-4-5-15(26-2)14(19)10-13/h4-5,10,12H,3,6-9,11H2,1-2H3,(H,20,23)(H,21,24). The topological polar surface area (TPSA) is 97.0 Å². The van der Waals surface area contributed by atoms with Crippen molar-refractivity contribution in [1.29, 1.82) is 0 Å². The van der Waals surface area contributed by atoms with Gasteiger partial charge in [-0.15, -0.1) is 0 Å². The number of piperidine rings is 1. The van der Waals surface area contributed by atoms with Gasteiger partial charge in [-0.05, 0) is 38.0 Å². The first-order chi connectivity index (χ1) is 12.9. The van der Waals surface area contributed by atoms with E-state index in [1.165, 1.54) is 7.11 Å². The van der Waals surface area contributed by atoms with E-state index in [4.69, 9.17) is 21.1 Å². The first-order valence-corrected chi connectivity index (χ1v) is 9.15. The van der Waals surface area contributed by atoms with E-state index in [9.17, 15) is 14.4 Å². The molecular formula is C18H24ClN3O5. The van der Waals surface area contributed by atoms with Crippen molar-refractivity contribution in [2.45, 2.75) is 32.2 Å². The predicted octanol–water partition coefficient (Wildman–Crippen LogP) is 2.41. The zero-order valence-electron chi connectivity index (χ0n) is 15.4.